The predicted molar refractivity (Wildman–Crippen MR) is 73.5 cm³/mol. The predicted octanol–water partition coefficient (Wildman–Crippen LogP) is 1.17. The van der Waals surface area contributed by atoms with Gasteiger partial charge in [-0.05, 0) is 25.6 Å². The standard InChI is InChI=1S/C11H18N2O3S2/c1-7-9(18-11(17)12-7)5-10(15)13-8(3-4-14)6-16-2/h8,14H,3-6H2,1-2H3,(H,12,17)(H,13,15). The Bertz CT molecular complexity index is 436. The fourth-order valence-corrected chi connectivity index (χ4v) is 2.87. The van der Waals surface area contributed by atoms with Crippen molar-refractivity contribution < 1.29 is 14.6 Å². The highest BCUT2D eigenvalue weighted by atomic mass is 32.1. The minimum absolute atomic E-state index is 0.0242. The van der Waals surface area contributed by atoms with E-state index in [0.29, 0.717) is 23.4 Å². The zero-order chi connectivity index (χ0) is 13.5. The molecule has 0 aromatic carbocycles. The maximum absolute atomic E-state index is 11.8. The van der Waals surface area contributed by atoms with Gasteiger partial charge in [-0.2, -0.15) is 0 Å². The molecule has 1 rings (SSSR count). The molecule has 0 radical (unpaired) electrons. The number of methoxy groups -OCH3 is 1. The Balaban J connectivity index is 2.54. The first kappa shape index (κ1) is 15.3. The van der Waals surface area contributed by atoms with Gasteiger partial charge >= 0.3 is 0 Å². The minimum atomic E-state index is -0.153. The highest BCUT2D eigenvalue weighted by molar-refractivity contribution is 7.73. The average Bonchev–Trinajstić information content (AvgIpc) is 2.58. The van der Waals surface area contributed by atoms with Crippen LogP contribution in [0.1, 0.15) is 17.0 Å². The number of thiazole rings is 1. The zero-order valence-corrected chi connectivity index (χ0v) is 12.1. The molecule has 0 aliphatic rings. The molecule has 0 fully saturated rings. The molecule has 1 aromatic heterocycles. The number of rotatable bonds is 7. The van der Waals surface area contributed by atoms with Gasteiger partial charge in [-0.25, -0.2) is 0 Å². The molecule has 0 spiro atoms. The zero-order valence-electron chi connectivity index (χ0n) is 10.5. The summed E-state index contributed by atoms with van der Waals surface area (Å²) >= 11 is 6.44. The lowest BCUT2D eigenvalue weighted by atomic mass is 10.2. The number of carbonyl (C=O) groups is 1. The molecular formula is C11H18N2O3S2. The van der Waals surface area contributed by atoms with E-state index in [1.165, 1.54) is 11.3 Å². The number of hydrogen-bond donors (Lipinski definition) is 3. The van der Waals surface area contributed by atoms with Crippen LogP contribution in [0.5, 0.6) is 0 Å². The first-order chi connectivity index (χ1) is 8.56. The Morgan fingerprint density at radius 2 is 2.39 bits per heavy atom. The molecule has 5 nitrogen and oxygen atoms in total. The topological polar surface area (TPSA) is 74.3 Å². The second-order valence-corrected chi connectivity index (χ2v) is 5.74. The number of nitrogens with one attached hydrogen (secondary N) is 2. The van der Waals surface area contributed by atoms with Crippen LogP contribution in [0.15, 0.2) is 0 Å². The summed E-state index contributed by atoms with van der Waals surface area (Å²) in [6.07, 6.45) is 0.788. The molecule has 0 aliphatic carbocycles. The van der Waals surface area contributed by atoms with Crippen LogP contribution in [0.25, 0.3) is 0 Å². The van der Waals surface area contributed by atoms with Crippen LogP contribution in [0, 0.1) is 10.9 Å². The van der Waals surface area contributed by atoms with Crippen molar-refractivity contribution in [3.63, 3.8) is 0 Å². The van der Waals surface area contributed by atoms with Gasteiger partial charge in [0.1, 0.15) is 0 Å². The van der Waals surface area contributed by atoms with Crippen LogP contribution in [-0.4, -0.2) is 42.4 Å². The average molecular weight is 290 g/mol. The fraction of sp³-hybridized carbons (Fsp3) is 0.636. The van der Waals surface area contributed by atoms with Gasteiger partial charge in [-0.15, -0.1) is 11.3 Å². The first-order valence-corrected chi connectivity index (χ1v) is 6.87. The molecular weight excluding hydrogens is 272 g/mol. The second kappa shape index (κ2) is 7.63. The molecule has 3 N–H and O–H groups in total. The van der Waals surface area contributed by atoms with E-state index in [9.17, 15) is 4.79 Å². The van der Waals surface area contributed by atoms with Gasteiger partial charge in [0.2, 0.25) is 5.91 Å². The molecule has 0 saturated heterocycles. The van der Waals surface area contributed by atoms with Crippen LogP contribution in [0.4, 0.5) is 0 Å². The lowest BCUT2D eigenvalue weighted by Crippen LogP contribution is -2.39. The Kier molecular flexibility index (Phi) is 6.48. The maximum Gasteiger partial charge on any atom is 0.225 e. The van der Waals surface area contributed by atoms with Gasteiger partial charge in [0.25, 0.3) is 0 Å². The van der Waals surface area contributed by atoms with Crippen LogP contribution < -0.4 is 5.32 Å². The lowest BCUT2D eigenvalue weighted by Gasteiger charge is -2.16. The van der Waals surface area contributed by atoms with Crippen molar-refractivity contribution >= 4 is 29.5 Å². The van der Waals surface area contributed by atoms with E-state index in [2.05, 4.69) is 10.3 Å². The number of ether oxygens (including phenoxy) is 1. The number of aliphatic hydroxyl groups is 1. The van der Waals surface area contributed by atoms with Crippen molar-refractivity contribution in [1.29, 1.82) is 0 Å². The van der Waals surface area contributed by atoms with E-state index in [1.54, 1.807) is 7.11 Å². The van der Waals surface area contributed by atoms with E-state index >= 15 is 0 Å². The Labute approximate surface area is 115 Å². The molecule has 1 aromatic rings. The normalized spacial score (nSPS) is 12.4. The summed E-state index contributed by atoms with van der Waals surface area (Å²) in [5.41, 5.74) is 0.936. The van der Waals surface area contributed by atoms with Crippen LogP contribution in [0.2, 0.25) is 0 Å². The summed E-state index contributed by atoms with van der Waals surface area (Å²) in [6, 6.07) is -0.153. The molecule has 1 amide bonds. The highest BCUT2D eigenvalue weighted by Crippen LogP contribution is 2.15. The van der Waals surface area contributed by atoms with Crippen LogP contribution in [0.3, 0.4) is 0 Å². The molecule has 1 atom stereocenters. The third-order valence-corrected chi connectivity index (χ3v) is 3.79. The van der Waals surface area contributed by atoms with Gasteiger partial charge in [0.05, 0.1) is 19.1 Å². The van der Waals surface area contributed by atoms with E-state index in [-0.39, 0.29) is 18.6 Å². The van der Waals surface area contributed by atoms with Gasteiger partial charge in [0, 0.05) is 24.3 Å². The number of aromatic amines is 1. The summed E-state index contributed by atoms with van der Waals surface area (Å²) in [4.78, 5) is 15.8. The largest absolute Gasteiger partial charge is 0.396 e. The van der Waals surface area contributed by atoms with E-state index in [1.807, 2.05) is 6.92 Å². The van der Waals surface area contributed by atoms with Crippen molar-refractivity contribution in [2.75, 3.05) is 20.3 Å². The number of aryl methyl sites for hydroxylation is 1. The third kappa shape index (κ3) is 4.85. The molecule has 0 saturated carbocycles. The minimum Gasteiger partial charge on any atom is -0.396 e. The van der Waals surface area contributed by atoms with Crippen LogP contribution in [-0.2, 0) is 16.0 Å². The Morgan fingerprint density at radius 1 is 1.67 bits per heavy atom. The molecule has 102 valence electrons. The number of hydrogen-bond acceptors (Lipinski definition) is 5. The van der Waals surface area contributed by atoms with Gasteiger partial charge in [-0.3, -0.25) is 4.79 Å². The summed E-state index contributed by atoms with van der Waals surface area (Å²) in [7, 11) is 1.57. The highest BCUT2D eigenvalue weighted by Gasteiger charge is 2.14. The molecule has 1 heterocycles. The van der Waals surface area contributed by atoms with Crippen molar-refractivity contribution in [1.82, 2.24) is 10.3 Å². The summed E-state index contributed by atoms with van der Waals surface area (Å²) in [5, 5.41) is 11.7. The molecule has 0 bridgehead atoms. The third-order valence-electron chi connectivity index (χ3n) is 2.46. The van der Waals surface area contributed by atoms with Gasteiger partial charge in [0.15, 0.2) is 3.95 Å². The summed E-state index contributed by atoms with van der Waals surface area (Å²) in [5.74, 6) is -0.0844. The van der Waals surface area contributed by atoms with E-state index < -0.39 is 0 Å². The van der Waals surface area contributed by atoms with E-state index in [0.717, 1.165) is 10.6 Å². The smallest absolute Gasteiger partial charge is 0.225 e. The molecule has 0 aliphatic heterocycles. The van der Waals surface area contributed by atoms with Crippen LogP contribution >= 0.6 is 23.6 Å². The number of amides is 1. The second-order valence-electron chi connectivity index (χ2n) is 3.97. The van der Waals surface area contributed by atoms with Crippen molar-refractivity contribution in [2.45, 2.75) is 25.8 Å². The summed E-state index contributed by atoms with van der Waals surface area (Å²) < 4.78 is 5.67. The quantitative estimate of drug-likeness (QED) is 0.659. The molecule has 1 unspecified atom stereocenters. The van der Waals surface area contributed by atoms with Gasteiger partial charge < -0.3 is 20.1 Å². The Hall–Kier alpha value is -0.760. The van der Waals surface area contributed by atoms with Gasteiger partial charge in [-0.1, -0.05) is 0 Å². The molecule has 7 heteroatoms. The number of carbonyl (C=O) groups excluding carboxylic acids is 1. The molecule has 18 heavy (non-hydrogen) atoms. The number of aromatic nitrogens is 1. The van der Waals surface area contributed by atoms with E-state index in [4.69, 9.17) is 22.1 Å². The van der Waals surface area contributed by atoms with Crippen molar-refractivity contribution in [3.8, 4) is 0 Å². The summed E-state index contributed by atoms with van der Waals surface area (Å²) in [6.45, 7) is 2.32. The number of H-pyrrole nitrogens is 1. The van der Waals surface area contributed by atoms with Crippen molar-refractivity contribution in [2.24, 2.45) is 0 Å². The number of aliphatic hydroxyl groups excluding tert-OH is 1. The van der Waals surface area contributed by atoms with Crippen molar-refractivity contribution in [3.05, 3.63) is 14.5 Å². The monoisotopic (exact) mass is 290 g/mol. The SMILES string of the molecule is COCC(CCO)NC(=O)Cc1sc(=S)[nH]c1C. The lowest BCUT2D eigenvalue weighted by molar-refractivity contribution is -0.121. The maximum atomic E-state index is 11.8. The fourth-order valence-electron chi connectivity index (χ4n) is 1.58. The Morgan fingerprint density at radius 3 is 2.89 bits per heavy atom. The first-order valence-electron chi connectivity index (χ1n) is 5.64.